The summed E-state index contributed by atoms with van der Waals surface area (Å²) < 4.78 is 26.4. The first-order valence-electron chi connectivity index (χ1n) is 12.3. The van der Waals surface area contributed by atoms with Gasteiger partial charge in [0.2, 0.25) is 21.8 Å². The van der Waals surface area contributed by atoms with Crippen molar-refractivity contribution >= 4 is 39.1 Å². The third-order valence-electron chi connectivity index (χ3n) is 5.96. The fourth-order valence-electron chi connectivity index (χ4n) is 4.13. The second kappa shape index (κ2) is 13.7. The van der Waals surface area contributed by atoms with E-state index in [0.717, 1.165) is 29.4 Å². The molecule has 0 aliphatic rings. The lowest BCUT2D eigenvalue weighted by Crippen LogP contribution is -2.49. The SMILES string of the molecule is CCCNC(=O)[C@H](CC)N(Cc1cccc(C)c1)C(=O)CCCN(c1cc(Cl)ccc1C)S(C)(=O)=O. The van der Waals surface area contributed by atoms with Gasteiger partial charge in [-0.25, -0.2) is 8.42 Å². The highest BCUT2D eigenvalue weighted by Crippen LogP contribution is 2.27. The maximum absolute atomic E-state index is 13.5. The van der Waals surface area contributed by atoms with Crippen molar-refractivity contribution in [1.29, 1.82) is 0 Å². The number of sulfonamides is 1. The highest BCUT2D eigenvalue weighted by Gasteiger charge is 2.29. The molecule has 9 heteroatoms. The second-order valence-corrected chi connectivity index (χ2v) is 11.4. The number of halogens is 1. The zero-order chi connectivity index (χ0) is 26.9. The molecule has 1 N–H and O–H groups in total. The highest BCUT2D eigenvalue weighted by molar-refractivity contribution is 7.92. The Hall–Kier alpha value is -2.58. The van der Waals surface area contributed by atoms with Gasteiger partial charge in [-0.15, -0.1) is 0 Å². The molecule has 0 radical (unpaired) electrons. The lowest BCUT2D eigenvalue weighted by atomic mass is 10.1. The van der Waals surface area contributed by atoms with E-state index in [1.54, 1.807) is 23.1 Å². The maximum atomic E-state index is 13.5. The molecule has 2 aromatic carbocycles. The Morgan fingerprint density at radius 1 is 1.08 bits per heavy atom. The Morgan fingerprint density at radius 2 is 1.81 bits per heavy atom. The predicted molar refractivity (Wildman–Crippen MR) is 147 cm³/mol. The van der Waals surface area contributed by atoms with Crippen molar-refractivity contribution in [2.24, 2.45) is 0 Å². The zero-order valence-corrected chi connectivity index (χ0v) is 23.5. The van der Waals surface area contributed by atoms with Gasteiger partial charge in [0.15, 0.2) is 0 Å². The summed E-state index contributed by atoms with van der Waals surface area (Å²) in [5, 5.41) is 3.35. The Kier molecular flexibility index (Phi) is 11.2. The van der Waals surface area contributed by atoms with E-state index < -0.39 is 16.1 Å². The van der Waals surface area contributed by atoms with Crippen molar-refractivity contribution in [3.05, 3.63) is 64.2 Å². The lowest BCUT2D eigenvalue weighted by Gasteiger charge is -2.31. The molecule has 0 bridgehead atoms. The van der Waals surface area contributed by atoms with Crippen LogP contribution >= 0.6 is 11.6 Å². The second-order valence-electron chi connectivity index (χ2n) is 9.10. The van der Waals surface area contributed by atoms with Crippen LogP contribution in [0.1, 0.15) is 56.2 Å². The van der Waals surface area contributed by atoms with Crippen molar-refractivity contribution < 1.29 is 18.0 Å². The van der Waals surface area contributed by atoms with Crippen molar-refractivity contribution in [3.8, 4) is 0 Å². The van der Waals surface area contributed by atoms with E-state index in [9.17, 15) is 18.0 Å². The molecule has 7 nitrogen and oxygen atoms in total. The van der Waals surface area contributed by atoms with Crippen LogP contribution in [0.3, 0.4) is 0 Å². The summed E-state index contributed by atoms with van der Waals surface area (Å²) in [6.45, 7) is 8.65. The van der Waals surface area contributed by atoms with Gasteiger partial charge in [-0.3, -0.25) is 13.9 Å². The smallest absolute Gasteiger partial charge is 0.242 e. The number of amides is 2. The zero-order valence-electron chi connectivity index (χ0n) is 21.9. The topological polar surface area (TPSA) is 86.8 Å². The third-order valence-corrected chi connectivity index (χ3v) is 7.38. The minimum Gasteiger partial charge on any atom is -0.354 e. The monoisotopic (exact) mass is 535 g/mol. The minimum atomic E-state index is -3.59. The van der Waals surface area contributed by atoms with E-state index in [2.05, 4.69) is 5.32 Å². The molecule has 0 fully saturated rings. The van der Waals surface area contributed by atoms with E-state index in [1.807, 2.05) is 52.0 Å². The number of nitrogens with one attached hydrogen (secondary N) is 1. The molecule has 2 aromatic rings. The average molecular weight is 536 g/mol. The maximum Gasteiger partial charge on any atom is 0.242 e. The number of aryl methyl sites for hydroxylation is 2. The van der Waals surface area contributed by atoms with Crippen molar-refractivity contribution in [2.75, 3.05) is 23.7 Å². The fourth-order valence-corrected chi connectivity index (χ4v) is 5.31. The minimum absolute atomic E-state index is 0.106. The fraction of sp³-hybridized carbons (Fsp3) is 0.481. The Balaban J connectivity index is 2.24. The number of anilines is 1. The van der Waals surface area contributed by atoms with Gasteiger partial charge in [0, 0.05) is 31.1 Å². The van der Waals surface area contributed by atoms with Gasteiger partial charge < -0.3 is 10.2 Å². The third kappa shape index (κ3) is 8.52. The number of carbonyl (C=O) groups excluding carboxylic acids is 2. The van der Waals surface area contributed by atoms with Crippen LogP contribution < -0.4 is 9.62 Å². The molecule has 2 rings (SSSR count). The molecule has 0 heterocycles. The number of rotatable bonds is 13. The van der Waals surface area contributed by atoms with E-state index in [0.29, 0.717) is 36.6 Å². The molecule has 36 heavy (non-hydrogen) atoms. The highest BCUT2D eigenvalue weighted by atomic mass is 35.5. The Morgan fingerprint density at radius 3 is 2.42 bits per heavy atom. The van der Waals surface area contributed by atoms with E-state index in [-0.39, 0.29) is 24.8 Å². The summed E-state index contributed by atoms with van der Waals surface area (Å²) >= 11 is 6.12. The standard InChI is InChI=1S/C27H38ClN3O4S/c1-6-15-29-27(33)24(7-2)30(19-22-11-8-10-20(3)17-22)26(32)12-9-16-31(36(5,34)35)25-18-23(28)14-13-21(25)4/h8,10-11,13-14,17-18,24H,6-7,9,12,15-16,19H2,1-5H3,(H,29,33)/t24-/m0/s1. The van der Waals surface area contributed by atoms with Crippen LogP contribution in [-0.4, -0.2) is 50.5 Å². The summed E-state index contributed by atoms with van der Waals surface area (Å²) in [7, 11) is -3.59. The molecule has 0 saturated heterocycles. The quantitative estimate of drug-likeness (QED) is 0.398. The van der Waals surface area contributed by atoms with Crippen LogP contribution in [-0.2, 0) is 26.2 Å². The van der Waals surface area contributed by atoms with Crippen LogP contribution in [0, 0.1) is 13.8 Å². The van der Waals surface area contributed by atoms with Gasteiger partial charge in [-0.05, 0) is 56.4 Å². The molecule has 0 aliphatic heterocycles. The summed E-state index contributed by atoms with van der Waals surface area (Å²) in [5.74, 6) is -0.362. The molecule has 0 saturated carbocycles. The summed E-state index contributed by atoms with van der Waals surface area (Å²) in [6, 6.07) is 12.4. The molecule has 2 amide bonds. The van der Waals surface area contributed by atoms with Gasteiger partial charge >= 0.3 is 0 Å². The molecule has 0 unspecified atom stereocenters. The van der Waals surface area contributed by atoms with Crippen molar-refractivity contribution in [3.63, 3.8) is 0 Å². The van der Waals surface area contributed by atoms with Crippen LogP contribution in [0.25, 0.3) is 0 Å². The normalized spacial score (nSPS) is 12.2. The van der Waals surface area contributed by atoms with Gasteiger partial charge in [0.1, 0.15) is 6.04 Å². The summed E-state index contributed by atoms with van der Waals surface area (Å²) in [6.07, 6.45) is 2.83. The lowest BCUT2D eigenvalue weighted by molar-refractivity contribution is -0.141. The van der Waals surface area contributed by atoms with Crippen LogP contribution in [0.15, 0.2) is 42.5 Å². The van der Waals surface area contributed by atoms with Crippen LogP contribution in [0.5, 0.6) is 0 Å². The first-order valence-corrected chi connectivity index (χ1v) is 14.6. The molecule has 0 aromatic heterocycles. The number of carbonyl (C=O) groups is 2. The predicted octanol–water partition coefficient (Wildman–Crippen LogP) is 4.84. The molecule has 0 spiro atoms. The van der Waals surface area contributed by atoms with Gasteiger partial charge in [-0.1, -0.05) is 61.3 Å². The largest absolute Gasteiger partial charge is 0.354 e. The van der Waals surface area contributed by atoms with Gasteiger partial charge in [0.25, 0.3) is 0 Å². The van der Waals surface area contributed by atoms with Gasteiger partial charge in [-0.2, -0.15) is 0 Å². The van der Waals surface area contributed by atoms with E-state index >= 15 is 0 Å². The number of nitrogens with zero attached hydrogens (tertiary/aromatic N) is 2. The van der Waals surface area contributed by atoms with Crippen LogP contribution in [0.4, 0.5) is 5.69 Å². The Labute approximate surface area is 220 Å². The molecule has 198 valence electrons. The van der Waals surface area contributed by atoms with E-state index in [4.69, 9.17) is 11.6 Å². The average Bonchev–Trinajstić information content (AvgIpc) is 2.81. The molecule has 0 aliphatic carbocycles. The van der Waals surface area contributed by atoms with Gasteiger partial charge in [0.05, 0.1) is 11.9 Å². The van der Waals surface area contributed by atoms with Crippen molar-refractivity contribution in [2.45, 2.75) is 66.0 Å². The molecule has 1 atom stereocenters. The number of benzene rings is 2. The summed E-state index contributed by atoms with van der Waals surface area (Å²) in [5.41, 5.74) is 3.29. The Bertz CT molecular complexity index is 1150. The van der Waals surface area contributed by atoms with E-state index in [1.165, 1.54) is 4.31 Å². The molecular weight excluding hydrogens is 498 g/mol. The molecular formula is C27H38ClN3O4S. The van der Waals surface area contributed by atoms with Crippen molar-refractivity contribution in [1.82, 2.24) is 10.2 Å². The number of hydrogen-bond donors (Lipinski definition) is 1. The summed E-state index contributed by atoms with van der Waals surface area (Å²) in [4.78, 5) is 28.0. The number of hydrogen-bond acceptors (Lipinski definition) is 4. The first-order chi connectivity index (χ1) is 17.0. The van der Waals surface area contributed by atoms with Crippen LogP contribution in [0.2, 0.25) is 5.02 Å². The first kappa shape index (κ1) is 29.6.